The second-order valence-corrected chi connectivity index (χ2v) is 34.6. The van der Waals surface area contributed by atoms with Crippen LogP contribution < -0.4 is 29.2 Å². The van der Waals surface area contributed by atoms with Crippen LogP contribution in [0.25, 0.3) is 85.2 Å². The van der Waals surface area contributed by atoms with E-state index in [1.807, 2.05) is 35.8 Å². The molecule has 710 valence electrons. The van der Waals surface area contributed by atoms with Gasteiger partial charge in [-0.2, -0.15) is 30.8 Å². The van der Waals surface area contributed by atoms with Gasteiger partial charge in [-0.05, 0) is 118 Å². The van der Waals surface area contributed by atoms with Crippen LogP contribution in [0.3, 0.4) is 0 Å². The Bertz CT molecular complexity index is 6710. The summed E-state index contributed by atoms with van der Waals surface area (Å²) in [5.41, 5.74) is 6.00. The number of alkyl halides is 10. The molecule has 6 fully saturated rings. The maximum absolute atomic E-state index is 13.0. The molecule has 136 heavy (non-hydrogen) atoms. The highest BCUT2D eigenvalue weighted by atomic mass is 32.2. The lowest BCUT2D eigenvalue weighted by molar-refractivity contribution is -0.0423. The molecule has 0 bridgehead atoms. The average Bonchev–Trinajstić information content (AvgIpc) is 1.61. The van der Waals surface area contributed by atoms with Crippen LogP contribution in [0.1, 0.15) is 113 Å². The average molecular weight is 1900 g/mol. The first-order valence-corrected chi connectivity index (χ1v) is 45.1. The number of aliphatic hydroxyl groups is 2. The molecule has 5 aliphatic heterocycles. The molecular formula is C86H88F10N32O7S. The molecule has 0 radical (unpaired) electrons. The van der Waals surface area contributed by atoms with Crippen molar-refractivity contribution >= 4 is 67.3 Å². The van der Waals surface area contributed by atoms with Crippen molar-refractivity contribution in [2.45, 2.75) is 121 Å². The fraction of sp³-hybridized carbons (Fsp3) is 0.407. The number of piperidine rings is 2. The van der Waals surface area contributed by atoms with Crippen LogP contribution in [0.2, 0.25) is 0 Å². The molecule has 0 amide bonds. The normalized spacial score (nSPS) is 19.7. The molecule has 15 aromatic heterocycles. The van der Waals surface area contributed by atoms with Gasteiger partial charge in [-0.1, -0.05) is 0 Å². The van der Waals surface area contributed by atoms with Crippen LogP contribution in [-0.2, 0) is 24.2 Å². The van der Waals surface area contributed by atoms with Gasteiger partial charge in [0.2, 0.25) is 10.0 Å². The summed E-state index contributed by atoms with van der Waals surface area (Å²) in [5.74, 6) is 4.06. The molecule has 50 heteroatoms. The lowest BCUT2D eigenvalue weighted by Crippen LogP contribution is -2.48. The first-order valence-electron chi connectivity index (χ1n) is 43.2. The summed E-state index contributed by atoms with van der Waals surface area (Å²) in [5, 5.41) is 47.6. The number of nitriles is 1. The number of imidazole rings is 5. The highest BCUT2D eigenvalue weighted by molar-refractivity contribution is 7.88. The summed E-state index contributed by atoms with van der Waals surface area (Å²) in [6, 6.07) is 25.4. The highest BCUT2D eigenvalue weighted by Gasteiger charge is 2.46. The van der Waals surface area contributed by atoms with Gasteiger partial charge in [0.25, 0.3) is 32.1 Å². The van der Waals surface area contributed by atoms with Crippen molar-refractivity contribution < 1.29 is 76.7 Å². The second-order valence-electron chi connectivity index (χ2n) is 32.8. The Balaban J connectivity index is 0.000000118. The molecule has 8 atom stereocenters. The van der Waals surface area contributed by atoms with E-state index in [-0.39, 0.29) is 72.0 Å². The van der Waals surface area contributed by atoms with Crippen LogP contribution in [0.5, 0.6) is 0 Å². The van der Waals surface area contributed by atoms with Crippen molar-refractivity contribution in [3.8, 4) is 63.0 Å². The van der Waals surface area contributed by atoms with Gasteiger partial charge in [-0.15, -0.1) is 0 Å². The molecule has 21 rings (SSSR count). The summed E-state index contributed by atoms with van der Waals surface area (Å²) in [6.45, 7) is 10.8. The number of ether oxygens (including phenoxy) is 3. The van der Waals surface area contributed by atoms with Gasteiger partial charge in [0.05, 0.1) is 128 Å². The van der Waals surface area contributed by atoms with Gasteiger partial charge in [0.1, 0.15) is 118 Å². The molecule has 3 unspecified atom stereocenters. The van der Waals surface area contributed by atoms with E-state index >= 15 is 0 Å². The van der Waals surface area contributed by atoms with Gasteiger partial charge >= 0.3 is 0 Å². The summed E-state index contributed by atoms with van der Waals surface area (Å²) in [7, 11) is -3.24. The highest BCUT2D eigenvalue weighted by Crippen LogP contribution is 2.39. The zero-order valence-electron chi connectivity index (χ0n) is 72.9. The predicted octanol–water partition coefficient (Wildman–Crippen LogP) is 10.7. The standard InChI is InChI=1S/C18H21F2N7O2S.C18H17F2N7.2C17H18F2N6O2.C16H14F2N6O/c1-30(28,29)24-8-12-3-2-6-26(10-12)17-7-14(22-11-23-17)15-9-21-16-5-4-13(18(19)20)25-27(15)16;19-18(20)13-3-4-16-22-9-15(27(16)25-13)14-8-17(24-11-23-14)26-7-1-2-12(10-26)5-6-21;2*1-10-6-24(7-11(8-26)27-10)16-4-13(21-9-22-16)14-5-20-15-3-2-12(17(18)19)23-25(14)15;17-16(18)9-1-2-14-19-7-12(24(14)22-9)10-5-15(21-8-20-10)23-3-4-25-13-6-11(13)23/h4-5,7,9,11-12,18,24H,2-3,6,8,10H2,1H3;3-4,8-9,11-12,18H,1-2,5,7,10H2;2*2-5,9-11,17,26H,6-8H2,1H3;1-2,5,7-8,11,13,16H,3-4,6H2/t12-;;10-,11+;10-,11-;/m1.11./s1. The van der Waals surface area contributed by atoms with E-state index in [4.69, 9.17) is 19.5 Å². The van der Waals surface area contributed by atoms with Crippen molar-refractivity contribution in [3.63, 3.8) is 0 Å². The van der Waals surface area contributed by atoms with Gasteiger partial charge in [0, 0.05) is 102 Å². The number of hydrogen-bond acceptors (Lipinski definition) is 33. The Morgan fingerprint density at radius 1 is 0.419 bits per heavy atom. The molecular weight excluding hydrogens is 1820 g/mol. The summed E-state index contributed by atoms with van der Waals surface area (Å²) in [4.78, 5) is 74.5. The van der Waals surface area contributed by atoms with Crippen molar-refractivity contribution in [2.24, 2.45) is 11.8 Å². The molecule has 1 saturated carbocycles. The van der Waals surface area contributed by atoms with E-state index in [0.717, 1.165) is 76.2 Å². The van der Waals surface area contributed by atoms with Crippen LogP contribution >= 0.6 is 0 Å². The molecule has 39 nitrogen and oxygen atoms in total. The van der Waals surface area contributed by atoms with Gasteiger partial charge in [-0.3, -0.25) is 0 Å². The molecule has 3 N–H and O–H groups in total. The molecule has 20 heterocycles. The third kappa shape index (κ3) is 21.8. The molecule has 15 aromatic rings. The van der Waals surface area contributed by atoms with Crippen molar-refractivity contribution in [1.82, 2.24) is 128 Å². The van der Waals surface area contributed by atoms with Crippen LogP contribution in [0.15, 0.2) is 154 Å². The fourth-order valence-corrected chi connectivity index (χ4v) is 17.1. The van der Waals surface area contributed by atoms with Crippen molar-refractivity contribution in [1.29, 1.82) is 5.26 Å². The quantitative estimate of drug-likeness (QED) is 0.0563. The van der Waals surface area contributed by atoms with Crippen LogP contribution in [0, 0.1) is 23.2 Å². The van der Waals surface area contributed by atoms with E-state index in [9.17, 15) is 62.5 Å². The molecule has 6 aliphatic rings. The van der Waals surface area contributed by atoms with E-state index in [0.29, 0.717) is 173 Å². The van der Waals surface area contributed by atoms with Gasteiger partial charge in [0.15, 0.2) is 28.2 Å². The number of aromatic nitrogens is 25. The SMILES string of the molecule is CS(=O)(=O)NC[C@H]1CCCN(c2cc(-c3cnc4ccc(C(F)F)nn34)ncn2)C1.C[C@@H]1CN(c2cc(-c3cnc4ccc(C(F)F)nn34)ncn2)C[C@@H](CO)O1.C[C@@H]1CN(c2cc(-c3cnc4ccc(C(F)F)nn34)ncn2)C[C@H](CO)O1.FC(F)c1ccc2ncc(-c3cc(N4CCOC5CC54)ncn3)n2n1.N#CCC1CCCN(c2cc(-c3cnc4ccc(C(F)F)nn34)ncn2)C1. The molecule has 1 aliphatic carbocycles. The largest absolute Gasteiger partial charge is 0.394 e. The minimum Gasteiger partial charge on any atom is -0.394 e. The topological polar surface area (TPSA) is 434 Å². The lowest BCUT2D eigenvalue weighted by atomic mass is 9.95. The number of hydrogen-bond donors (Lipinski definition) is 3. The van der Waals surface area contributed by atoms with Gasteiger partial charge in [-0.25, -0.2) is 154 Å². The first-order chi connectivity index (χ1) is 65.7. The number of rotatable bonds is 21. The van der Waals surface area contributed by atoms with Crippen LogP contribution in [0.4, 0.5) is 73.0 Å². The Labute approximate surface area is 767 Å². The van der Waals surface area contributed by atoms with Crippen LogP contribution in [-0.4, -0.2) is 270 Å². The number of anilines is 5. The van der Waals surface area contributed by atoms with Gasteiger partial charge < -0.3 is 48.9 Å². The van der Waals surface area contributed by atoms with E-state index < -0.39 is 42.2 Å². The maximum Gasteiger partial charge on any atom is 0.282 e. The Morgan fingerprint density at radius 2 is 0.735 bits per heavy atom. The molecule has 0 spiro atoms. The zero-order valence-corrected chi connectivity index (χ0v) is 73.7. The minimum absolute atomic E-state index is 0.0552. The minimum atomic E-state index is -3.24. The molecule has 5 saturated heterocycles. The summed E-state index contributed by atoms with van der Waals surface area (Å²) in [6.07, 6.45) is 7.78. The Morgan fingerprint density at radius 3 is 1.06 bits per heavy atom. The molecule has 0 aromatic carbocycles. The van der Waals surface area contributed by atoms with E-state index in [1.54, 1.807) is 49.2 Å². The van der Waals surface area contributed by atoms with Crippen molar-refractivity contribution in [2.75, 3.05) is 116 Å². The predicted molar refractivity (Wildman–Crippen MR) is 471 cm³/mol. The monoisotopic (exact) mass is 1900 g/mol. The summed E-state index contributed by atoms with van der Waals surface area (Å²) >= 11 is 0. The third-order valence-electron chi connectivity index (χ3n) is 23.1. The smallest absolute Gasteiger partial charge is 0.282 e. The number of aliphatic hydroxyl groups excluding tert-OH is 2. The number of morpholine rings is 3. The maximum atomic E-state index is 13.0. The van der Waals surface area contributed by atoms with E-state index in [1.165, 1.54) is 115 Å². The van der Waals surface area contributed by atoms with E-state index in [2.05, 4.69) is 126 Å². The lowest BCUT2D eigenvalue weighted by Gasteiger charge is -2.36. The number of halogens is 10. The first kappa shape index (κ1) is 93.8. The number of fused-ring (bicyclic) bond motifs is 6. The Hall–Kier alpha value is -14.0. The van der Waals surface area contributed by atoms with Crippen molar-refractivity contribution in [3.05, 3.63) is 182 Å². The number of nitrogens with one attached hydrogen (secondary N) is 1. The Kier molecular flexibility index (Phi) is 28.6. The third-order valence-corrected chi connectivity index (χ3v) is 23.8. The summed E-state index contributed by atoms with van der Waals surface area (Å²) < 4.78 is 179. The second kappa shape index (κ2) is 41.5. The zero-order chi connectivity index (χ0) is 95.0. The number of nitrogens with zero attached hydrogens (tertiary/aromatic N) is 31. The fourth-order valence-electron chi connectivity index (χ4n) is 16.5. The number of sulfonamides is 1.